The van der Waals surface area contributed by atoms with Crippen molar-refractivity contribution in [1.82, 2.24) is 4.98 Å². The molecular formula is C21H22N2O3. The van der Waals surface area contributed by atoms with Crippen molar-refractivity contribution in [2.75, 3.05) is 12.4 Å². The van der Waals surface area contributed by atoms with Crippen LogP contribution in [0.2, 0.25) is 0 Å². The number of anilines is 1. The van der Waals surface area contributed by atoms with Crippen LogP contribution in [0, 0.1) is 0 Å². The smallest absolute Gasteiger partial charge is 0.224 e. The van der Waals surface area contributed by atoms with Gasteiger partial charge in [0.1, 0.15) is 5.75 Å². The molecule has 0 aliphatic rings. The molecule has 0 radical (unpaired) electrons. The van der Waals surface area contributed by atoms with Gasteiger partial charge in [-0.05, 0) is 48.4 Å². The van der Waals surface area contributed by atoms with Crippen LogP contribution in [0.15, 0.2) is 59.1 Å². The molecule has 0 fully saturated rings. The molecule has 1 heterocycles. The predicted octanol–water partition coefficient (Wildman–Crippen LogP) is 4.48. The van der Waals surface area contributed by atoms with Crippen LogP contribution in [0.4, 0.5) is 5.69 Å². The van der Waals surface area contributed by atoms with E-state index in [2.05, 4.69) is 17.2 Å². The van der Waals surface area contributed by atoms with E-state index in [4.69, 9.17) is 9.15 Å². The minimum Gasteiger partial charge on any atom is -0.497 e. The average molecular weight is 350 g/mol. The molecule has 3 rings (SSSR count). The van der Waals surface area contributed by atoms with Gasteiger partial charge >= 0.3 is 0 Å². The van der Waals surface area contributed by atoms with Crippen molar-refractivity contribution < 1.29 is 13.9 Å². The number of carbonyl (C=O) groups is 1. The molecule has 0 atom stereocenters. The van der Waals surface area contributed by atoms with E-state index in [0.29, 0.717) is 24.5 Å². The van der Waals surface area contributed by atoms with Gasteiger partial charge in [-0.2, -0.15) is 0 Å². The molecule has 1 aromatic heterocycles. The van der Waals surface area contributed by atoms with E-state index in [1.54, 1.807) is 13.3 Å². The highest BCUT2D eigenvalue weighted by molar-refractivity contribution is 5.90. The van der Waals surface area contributed by atoms with Crippen molar-refractivity contribution in [2.24, 2.45) is 0 Å². The molecule has 0 bridgehead atoms. The highest BCUT2D eigenvalue weighted by Gasteiger charge is 2.09. The van der Waals surface area contributed by atoms with E-state index in [-0.39, 0.29) is 5.91 Å². The molecule has 5 heteroatoms. The first-order chi connectivity index (χ1) is 12.7. The number of hydrogen-bond donors (Lipinski definition) is 1. The fourth-order valence-electron chi connectivity index (χ4n) is 2.58. The minimum atomic E-state index is -0.0570. The average Bonchev–Trinajstić information content (AvgIpc) is 3.16. The Bertz CT molecular complexity index is 852. The number of oxazole rings is 1. The van der Waals surface area contributed by atoms with Gasteiger partial charge in [0.2, 0.25) is 5.91 Å². The number of aryl methyl sites for hydroxylation is 2. The zero-order valence-corrected chi connectivity index (χ0v) is 15.0. The summed E-state index contributed by atoms with van der Waals surface area (Å²) in [4.78, 5) is 16.4. The van der Waals surface area contributed by atoms with E-state index >= 15 is 0 Å². The van der Waals surface area contributed by atoms with Crippen molar-refractivity contribution in [3.05, 3.63) is 66.2 Å². The van der Waals surface area contributed by atoms with Gasteiger partial charge in [-0.3, -0.25) is 4.79 Å². The third-order valence-electron chi connectivity index (χ3n) is 4.14. The Morgan fingerprint density at radius 1 is 1.12 bits per heavy atom. The number of nitrogens with zero attached hydrogens (tertiary/aromatic N) is 1. The lowest BCUT2D eigenvalue weighted by Gasteiger charge is -2.05. The zero-order valence-electron chi connectivity index (χ0n) is 15.0. The Balaban J connectivity index is 1.54. The standard InChI is InChI=1S/C21H22N2O3/c1-3-15-4-8-17(9-5-15)23-20(24)12-13-21-22-14-19(26-21)16-6-10-18(25-2)11-7-16/h4-11,14H,3,12-13H2,1-2H3,(H,23,24). The van der Waals surface area contributed by atoms with E-state index in [0.717, 1.165) is 23.4 Å². The number of amides is 1. The third-order valence-corrected chi connectivity index (χ3v) is 4.14. The van der Waals surface area contributed by atoms with Crippen LogP contribution in [-0.4, -0.2) is 18.0 Å². The maximum atomic E-state index is 12.1. The highest BCUT2D eigenvalue weighted by Crippen LogP contribution is 2.23. The minimum absolute atomic E-state index is 0.0570. The van der Waals surface area contributed by atoms with Gasteiger partial charge in [-0.1, -0.05) is 19.1 Å². The van der Waals surface area contributed by atoms with Crippen molar-refractivity contribution in [2.45, 2.75) is 26.2 Å². The largest absolute Gasteiger partial charge is 0.497 e. The van der Waals surface area contributed by atoms with Gasteiger partial charge in [0, 0.05) is 24.1 Å². The van der Waals surface area contributed by atoms with Gasteiger partial charge in [0.15, 0.2) is 11.7 Å². The number of hydrogen-bond acceptors (Lipinski definition) is 4. The Hall–Kier alpha value is -3.08. The normalized spacial score (nSPS) is 10.5. The number of nitrogens with one attached hydrogen (secondary N) is 1. The Morgan fingerprint density at radius 2 is 1.85 bits per heavy atom. The first-order valence-electron chi connectivity index (χ1n) is 8.66. The molecule has 1 N–H and O–H groups in total. The van der Waals surface area contributed by atoms with Crippen LogP contribution in [0.25, 0.3) is 11.3 Å². The molecule has 3 aromatic rings. The first kappa shape index (κ1) is 17.7. The number of aromatic nitrogens is 1. The number of carbonyl (C=O) groups excluding carboxylic acids is 1. The van der Waals surface area contributed by atoms with E-state index < -0.39 is 0 Å². The molecule has 0 aliphatic carbocycles. The van der Waals surface area contributed by atoms with Crippen LogP contribution >= 0.6 is 0 Å². The SMILES string of the molecule is CCc1ccc(NC(=O)CCc2ncc(-c3ccc(OC)cc3)o2)cc1. The molecule has 0 aliphatic heterocycles. The van der Waals surface area contributed by atoms with Crippen LogP contribution in [0.3, 0.4) is 0 Å². The Labute approximate surface area is 153 Å². The summed E-state index contributed by atoms with van der Waals surface area (Å²) in [6, 6.07) is 15.4. The van der Waals surface area contributed by atoms with E-state index in [1.807, 2.05) is 48.5 Å². The molecule has 0 spiro atoms. The van der Waals surface area contributed by atoms with Gasteiger partial charge in [-0.25, -0.2) is 4.98 Å². The number of benzene rings is 2. The van der Waals surface area contributed by atoms with Crippen LogP contribution in [0.1, 0.15) is 24.8 Å². The van der Waals surface area contributed by atoms with Crippen molar-refractivity contribution in [3.63, 3.8) is 0 Å². The summed E-state index contributed by atoms with van der Waals surface area (Å²) < 4.78 is 10.9. The Morgan fingerprint density at radius 3 is 2.50 bits per heavy atom. The second-order valence-corrected chi connectivity index (χ2v) is 5.95. The molecular weight excluding hydrogens is 328 g/mol. The molecule has 0 saturated carbocycles. The lowest BCUT2D eigenvalue weighted by Crippen LogP contribution is -2.12. The second kappa shape index (κ2) is 8.34. The number of methoxy groups -OCH3 is 1. The summed E-state index contributed by atoms with van der Waals surface area (Å²) in [6.45, 7) is 2.10. The highest BCUT2D eigenvalue weighted by atomic mass is 16.5. The summed E-state index contributed by atoms with van der Waals surface area (Å²) >= 11 is 0. The summed E-state index contributed by atoms with van der Waals surface area (Å²) in [6.07, 6.45) is 3.43. The summed E-state index contributed by atoms with van der Waals surface area (Å²) in [7, 11) is 1.63. The fraction of sp³-hybridized carbons (Fsp3) is 0.238. The van der Waals surface area contributed by atoms with Crippen LogP contribution < -0.4 is 10.1 Å². The molecule has 1 amide bonds. The second-order valence-electron chi connectivity index (χ2n) is 5.95. The monoisotopic (exact) mass is 350 g/mol. The van der Waals surface area contributed by atoms with Crippen molar-refractivity contribution in [1.29, 1.82) is 0 Å². The summed E-state index contributed by atoms with van der Waals surface area (Å²) in [5.74, 6) is 1.96. The lowest BCUT2D eigenvalue weighted by atomic mass is 10.1. The maximum Gasteiger partial charge on any atom is 0.224 e. The summed E-state index contributed by atoms with van der Waals surface area (Å²) in [5.41, 5.74) is 2.97. The van der Waals surface area contributed by atoms with Gasteiger partial charge in [0.05, 0.1) is 13.3 Å². The predicted molar refractivity (Wildman–Crippen MR) is 101 cm³/mol. The van der Waals surface area contributed by atoms with E-state index in [1.165, 1.54) is 5.56 Å². The number of rotatable bonds is 7. The fourth-order valence-corrected chi connectivity index (χ4v) is 2.58. The molecule has 2 aromatic carbocycles. The van der Waals surface area contributed by atoms with Gasteiger partial charge in [-0.15, -0.1) is 0 Å². The molecule has 5 nitrogen and oxygen atoms in total. The van der Waals surface area contributed by atoms with Gasteiger partial charge in [0.25, 0.3) is 0 Å². The Kier molecular flexibility index (Phi) is 5.69. The molecule has 0 saturated heterocycles. The molecule has 26 heavy (non-hydrogen) atoms. The quantitative estimate of drug-likeness (QED) is 0.682. The van der Waals surface area contributed by atoms with Crippen LogP contribution in [0.5, 0.6) is 5.75 Å². The lowest BCUT2D eigenvalue weighted by molar-refractivity contribution is -0.116. The van der Waals surface area contributed by atoms with Crippen LogP contribution in [-0.2, 0) is 17.6 Å². The molecule has 0 unspecified atom stereocenters. The van der Waals surface area contributed by atoms with Crippen molar-refractivity contribution in [3.8, 4) is 17.1 Å². The third kappa shape index (κ3) is 4.51. The van der Waals surface area contributed by atoms with Gasteiger partial charge < -0.3 is 14.5 Å². The summed E-state index contributed by atoms with van der Waals surface area (Å²) in [5, 5.41) is 2.89. The van der Waals surface area contributed by atoms with Crippen molar-refractivity contribution >= 4 is 11.6 Å². The first-order valence-corrected chi connectivity index (χ1v) is 8.66. The number of ether oxygens (including phenoxy) is 1. The molecule has 134 valence electrons. The van der Waals surface area contributed by atoms with E-state index in [9.17, 15) is 4.79 Å². The maximum absolute atomic E-state index is 12.1. The zero-order chi connectivity index (χ0) is 18.4. The topological polar surface area (TPSA) is 64.4 Å².